The largest absolute Gasteiger partial charge is 0.405 e. The molecule has 4 heterocycles. The van der Waals surface area contributed by atoms with Gasteiger partial charge in [-0.25, -0.2) is 9.97 Å². The molecule has 7 rings (SSSR count). The molecule has 2 saturated carbocycles. The molecule has 2 unspecified atom stereocenters. The first-order chi connectivity index (χ1) is 30.5. The lowest BCUT2D eigenvalue weighted by Gasteiger charge is -2.37. The Morgan fingerprint density at radius 1 is 0.953 bits per heavy atom. The molecule has 5 atom stereocenters. The second-order valence-corrected chi connectivity index (χ2v) is 23.1. The summed E-state index contributed by atoms with van der Waals surface area (Å²) in [7, 11) is 0. The standard InChI is InChI=1S/C32H43N3S.C17H29NS.C4H10.C2H5N.C2H6/c1-9-23-11-12-27-25(16-30(34-29(27)15-23)31-19-36-20-33-31)13-24-14-26(10-2)35(18-24)22(5)28(21(3)4)17-32(6,7)8;1-14-16-13-15(16)9-7-5-3-2-4-6-8-10-17(11-12-17)19-18-14;1-4(2)3;1-2-3;1-2/h10-12,15-16,19-21,24,26,28H,2,5,9,13-14,17-18H2,1,3-4,6-8H3;15-16,18H,1-13H2;4H,1-3H3;2H,1,3H2;1-2H3/t24-,26?,28+;15-,16?;;;/m11.../s1. The first-order valence-corrected chi connectivity index (χ1v) is 27.1. The summed E-state index contributed by atoms with van der Waals surface area (Å²) >= 11 is 3.63. The van der Waals surface area contributed by atoms with Crippen LogP contribution in [0.3, 0.4) is 0 Å². The Hall–Kier alpha value is -3.03. The summed E-state index contributed by atoms with van der Waals surface area (Å²) in [6.07, 6.45) is 25.0. The minimum Gasteiger partial charge on any atom is -0.405 e. The summed E-state index contributed by atoms with van der Waals surface area (Å²) in [4.78, 5) is 12.1. The zero-order valence-electron chi connectivity index (χ0n) is 42.7. The number of rotatable bonds is 9. The van der Waals surface area contributed by atoms with Crippen LogP contribution in [-0.2, 0) is 12.8 Å². The van der Waals surface area contributed by atoms with E-state index in [-0.39, 0.29) is 5.41 Å². The number of aromatic nitrogens is 2. The molecule has 358 valence electrons. The van der Waals surface area contributed by atoms with E-state index >= 15 is 0 Å². The van der Waals surface area contributed by atoms with Gasteiger partial charge in [0.15, 0.2) is 0 Å². The summed E-state index contributed by atoms with van der Waals surface area (Å²) in [5.74, 6) is 4.19. The van der Waals surface area contributed by atoms with Crippen LogP contribution >= 0.6 is 23.3 Å². The molecule has 5 nitrogen and oxygen atoms in total. The van der Waals surface area contributed by atoms with Crippen LogP contribution in [0.15, 0.2) is 85.1 Å². The van der Waals surface area contributed by atoms with Crippen LogP contribution in [0.2, 0.25) is 0 Å². The van der Waals surface area contributed by atoms with Crippen LogP contribution in [-0.4, -0.2) is 32.2 Å². The van der Waals surface area contributed by atoms with Gasteiger partial charge in [-0.05, 0) is 128 Å². The minimum absolute atomic E-state index is 0.278. The van der Waals surface area contributed by atoms with E-state index in [1.165, 1.54) is 111 Å². The van der Waals surface area contributed by atoms with E-state index in [1.54, 1.807) is 11.3 Å². The fourth-order valence-electron chi connectivity index (χ4n) is 9.31. The maximum Gasteiger partial charge on any atom is 0.0995 e. The number of hydrogen-bond donors (Lipinski definition) is 2. The van der Waals surface area contributed by atoms with E-state index < -0.39 is 0 Å². The predicted octanol–water partition coefficient (Wildman–Crippen LogP) is 16.8. The third-order valence-electron chi connectivity index (χ3n) is 13.0. The topological polar surface area (TPSA) is 67.1 Å². The van der Waals surface area contributed by atoms with Crippen LogP contribution in [0.5, 0.6) is 0 Å². The number of benzene rings is 1. The van der Waals surface area contributed by atoms with Gasteiger partial charge in [-0.2, -0.15) is 0 Å². The van der Waals surface area contributed by atoms with Crippen molar-refractivity contribution in [3.63, 3.8) is 0 Å². The predicted molar refractivity (Wildman–Crippen MR) is 287 cm³/mol. The van der Waals surface area contributed by atoms with Crippen molar-refractivity contribution in [3.05, 3.63) is 96.3 Å². The summed E-state index contributed by atoms with van der Waals surface area (Å²) in [5.41, 5.74) is 15.1. The fourth-order valence-corrected chi connectivity index (χ4v) is 10.9. The molecule has 2 aliphatic heterocycles. The Bertz CT molecular complexity index is 1830. The van der Waals surface area contributed by atoms with E-state index in [0.29, 0.717) is 28.5 Å². The fraction of sp³-hybridized carbons (Fsp3) is 0.649. The highest BCUT2D eigenvalue weighted by atomic mass is 32.2. The molecule has 3 N–H and O–H groups in total. The molecule has 0 amide bonds. The molecule has 1 aromatic carbocycles. The molecule has 1 spiro atoms. The zero-order valence-corrected chi connectivity index (χ0v) is 44.4. The van der Waals surface area contributed by atoms with Gasteiger partial charge in [-0.15, -0.1) is 17.9 Å². The molecular weight excluding hydrogens is 819 g/mol. The van der Waals surface area contributed by atoms with E-state index in [2.05, 4.69) is 145 Å². The van der Waals surface area contributed by atoms with Crippen molar-refractivity contribution in [2.24, 2.45) is 46.7 Å². The maximum atomic E-state index is 5.02. The number of likely N-dealkylation sites (tertiary alicyclic amines) is 1. The lowest BCUT2D eigenvalue weighted by atomic mass is 9.78. The SMILES string of the molecule is C=C1NSC2(CCCCCCCCC[C@@H]3CC13)CC2.C=CC1C[C@@H](Cc2cc(-c3cscn3)nc3cc(CC)ccc23)CN1C(=C)[C@@H](CC(C)(C)C)C(C)C.C=CN.CC.CC(C)C. The Morgan fingerprint density at radius 3 is 2.16 bits per heavy atom. The van der Waals surface area contributed by atoms with Crippen molar-refractivity contribution >= 4 is 34.2 Å². The van der Waals surface area contributed by atoms with Crippen LogP contribution in [0, 0.1) is 40.9 Å². The summed E-state index contributed by atoms with van der Waals surface area (Å²) < 4.78 is 4.21. The Balaban J connectivity index is 0.000000323. The highest BCUT2D eigenvalue weighted by Crippen LogP contribution is 2.53. The Morgan fingerprint density at radius 2 is 1.59 bits per heavy atom. The smallest absolute Gasteiger partial charge is 0.0995 e. The van der Waals surface area contributed by atoms with Crippen LogP contribution in [0.1, 0.15) is 177 Å². The average Bonchev–Trinajstić information content (AvgIpc) is 4.09. The van der Waals surface area contributed by atoms with Crippen LogP contribution in [0.25, 0.3) is 22.3 Å². The summed E-state index contributed by atoms with van der Waals surface area (Å²) in [6.45, 7) is 41.7. The van der Waals surface area contributed by atoms with Crippen molar-refractivity contribution in [2.45, 2.75) is 190 Å². The third-order valence-corrected chi connectivity index (χ3v) is 15.0. The van der Waals surface area contributed by atoms with Crippen molar-refractivity contribution in [3.8, 4) is 11.4 Å². The van der Waals surface area contributed by atoms with Gasteiger partial charge in [0.25, 0.3) is 0 Å². The van der Waals surface area contributed by atoms with Gasteiger partial charge in [-0.1, -0.05) is 159 Å². The van der Waals surface area contributed by atoms with Gasteiger partial charge in [0.1, 0.15) is 0 Å². The van der Waals surface area contributed by atoms with Gasteiger partial charge < -0.3 is 15.4 Å². The minimum atomic E-state index is 0.278. The summed E-state index contributed by atoms with van der Waals surface area (Å²) in [5, 5.41) is 3.36. The molecule has 64 heavy (non-hydrogen) atoms. The van der Waals surface area contributed by atoms with E-state index in [0.717, 1.165) is 66.9 Å². The molecular formula is C57H93N5S2. The number of fused-ring (bicyclic) bond motifs is 2. The third kappa shape index (κ3) is 18.3. The molecule has 0 radical (unpaired) electrons. The second-order valence-electron chi connectivity index (χ2n) is 21.1. The number of hydrogen-bond acceptors (Lipinski definition) is 7. The first-order valence-electron chi connectivity index (χ1n) is 25.4. The zero-order chi connectivity index (χ0) is 47.5. The number of thiazole rings is 1. The van der Waals surface area contributed by atoms with Gasteiger partial charge >= 0.3 is 0 Å². The molecule has 3 aromatic rings. The quantitative estimate of drug-likeness (QED) is 0.165. The molecule has 2 aromatic heterocycles. The second kappa shape index (κ2) is 27.6. The number of pyridine rings is 1. The monoisotopic (exact) mass is 912 g/mol. The number of nitrogens with two attached hydrogens (primary N) is 1. The Kier molecular flexibility index (Phi) is 23.8. The van der Waals surface area contributed by atoms with Crippen molar-refractivity contribution < 1.29 is 0 Å². The maximum absolute atomic E-state index is 5.02. The van der Waals surface area contributed by atoms with Gasteiger partial charge in [0.2, 0.25) is 0 Å². The van der Waals surface area contributed by atoms with Crippen LogP contribution < -0.4 is 10.5 Å². The highest BCUT2D eigenvalue weighted by molar-refractivity contribution is 7.99. The number of allylic oxidation sites excluding steroid dienone is 2. The molecule has 0 bridgehead atoms. The van der Waals surface area contributed by atoms with Crippen molar-refractivity contribution in [2.75, 3.05) is 6.54 Å². The molecule has 2 saturated heterocycles. The Labute approximate surface area is 402 Å². The highest BCUT2D eigenvalue weighted by Gasteiger charge is 2.45. The summed E-state index contributed by atoms with van der Waals surface area (Å²) in [6, 6.07) is 9.41. The van der Waals surface area contributed by atoms with Gasteiger partial charge in [0.05, 0.1) is 22.4 Å². The van der Waals surface area contributed by atoms with E-state index in [4.69, 9.17) is 4.98 Å². The molecule has 2 aliphatic carbocycles. The van der Waals surface area contributed by atoms with Gasteiger partial charge in [-0.3, -0.25) is 0 Å². The van der Waals surface area contributed by atoms with Crippen molar-refractivity contribution in [1.82, 2.24) is 19.6 Å². The van der Waals surface area contributed by atoms with Crippen molar-refractivity contribution in [1.29, 1.82) is 0 Å². The number of nitrogens with one attached hydrogen (secondary N) is 1. The first kappa shape index (κ1) is 55.3. The van der Waals surface area contributed by atoms with E-state index in [9.17, 15) is 0 Å². The van der Waals surface area contributed by atoms with Gasteiger partial charge in [0, 0.05) is 51.3 Å². The van der Waals surface area contributed by atoms with Crippen LogP contribution in [0.4, 0.5) is 0 Å². The number of aryl methyl sites for hydroxylation is 1. The lowest BCUT2D eigenvalue weighted by Crippen LogP contribution is -2.34. The normalized spacial score (nSPS) is 22.3. The molecule has 7 heteroatoms. The number of nitrogens with zero attached hydrogens (tertiary/aromatic N) is 3. The molecule has 4 fully saturated rings. The molecule has 4 aliphatic rings. The lowest BCUT2D eigenvalue weighted by molar-refractivity contribution is 0.215. The van der Waals surface area contributed by atoms with E-state index in [1.807, 2.05) is 31.3 Å². The average molecular weight is 913 g/mol.